The molecular formula is C10H11ClN2O. The van der Waals surface area contributed by atoms with Crippen molar-refractivity contribution in [1.29, 1.82) is 5.26 Å². The van der Waals surface area contributed by atoms with E-state index in [4.69, 9.17) is 27.3 Å². The minimum atomic E-state index is -0.312. The van der Waals surface area contributed by atoms with Gasteiger partial charge >= 0.3 is 0 Å². The van der Waals surface area contributed by atoms with Crippen molar-refractivity contribution in [2.24, 2.45) is 5.73 Å². The van der Waals surface area contributed by atoms with E-state index in [2.05, 4.69) is 0 Å². The summed E-state index contributed by atoms with van der Waals surface area (Å²) in [6, 6.07) is 6.93. The molecule has 1 rings (SSSR count). The van der Waals surface area contributed by atoms with Gasteiger partial charge in [0.05, 0.1) is 19.6 Å². The molecule has 1 aromatic rings. The zero-order valence-corrected chi connectivity index (χ0v) is 8.58. The molecule has 74 valence electrons. The number of rotatable bonds is 3. The Hall–Kier alpha value is -1.24. The molecule has 14 heavy (non-hydrogen) atoms. The molecule has 1 unspecified atom stereocenters. The van der Waals surface area contributed by atoms with Crippen LogP contribution in [0.1, 0.15) is 18.0 Å². The third-order valence-corrected chi connectivity index (χ3v) is 2.09. The Morgan fingerprint density at radius 3 is 2.86 bits per heavy atom. The molecule has 2 N–H and O–H groups in total. The zero-order chi connectivity index (χ0) is 10.6. The highest BCUT2D eigenvalue weighted by molar-refractivity contribution is 6.30. The quantitative estimate of drug-likeness (QED) is 0.833. The Balaban J connectivity index is 2.97. The molecule has 1 aromatic carbocycles. The van der Waals surface area contributed by atoms with E-state index in [9.17, 15) is 0 Å². The Morgan fingerprint density at radius 2 is 2.29 bits per heavy atom. The summed E-state index contributed by atoms with van der Waals surface area (Å²) in [6.45, 7) is 0. The summed E-state index contributed by atoms with van der Waals surface area (Å²) in [5.41, 5.74) is 6.58. The van der Waals surface area contributed by atoms with Crippen LogP contribution in [0.5, 0.6) is 5.75 Å². The summed E-state index contributed by atoms with van der Waals surface area (Å²) in [5.74, 6) is 0.654. The van der Waals surface area contributed by atoms with Gasteiger partial charge in [0.25, 0.3) is 0 Å². The van der Waals surface area contributed by atoms with E-state index in [0.29, 0.717) is 10.8 Å². The number of hydrogen-bond acceptors (Lipinski definition) is 3. The Bertz CT molecular complexity index is 360. The number of nitriles is 1. The van der Waals surface area contributed by atoms with E-state index in [0.717, 1.165) is 5.56 Å². The largest absolute Gasteiger partial charge is 0.497 e. The second kappa shape index (κ2) is 4.85. The molecule has 0 spiro atoms. The molecule has 3 nitrogen and oxygen atoms in total. The minimum absolute atomic E-state index is 0.267. The third kappa shape index (κ3) is 2.63. The van der Waals surface area contributed by atoms with Gasteiger partial charge in [-0.3, -0.25) is 0 Å². The highest BCUT2D eigenvalue weighted by atomic mass is 35.5. The molecule has 0 saturated carbocycles. The fourth-order valence-corrected chi connectivity index (χ4v) is 1.37. The van der Waals surface area contributed by atoms with Crippen molar-refractivity contribution >= 4 is 11.6 Å². The van der Waals surface area contributed by atoms with Crippen LogP contribution in [-0.2, 0) is 0 Å². The standard InChI is InChI=1S/C10H11ClN2O/c1-14-9-5-7(4-8(11)6-9)10(13)2-3-12/h4-6,10H,2,13H2,1H3. The second-order valence-electron chi connectivity index (χ2n) is 2.89. The third-order valence-electron chi connectivity index (χ3n) is 1.87. The normalized spacial score (nSPS) is 11.9. The topological polar surface area (TPSA) is 59.0 Å². The summed E-state index contributed by atoms with van der Waals surface area (Å²) in [7, 11) is 1.56. The highest BCUT2D eigenvalue weighted by Crippen LogP contribution is 2.24. The van der Waals surface area contributed by atoms with Crippen LogP contribution in [0.15, 0.2) is 18.2 Å². The van der Waals surface area contributed by atoms with Crippen molar-refractivity contribution in [1.82, 2.24) is 0 Å². The van der Waals surface area contributed by atoms with Crippen molar-refractivity contribution < 1.29 is 4.74 Å². The maximum absolute atomic E-state index is 8.50. The summed E-state index contributed by atoms with van der Waals surface area (Å²) in [6.07, 6.45) is 0.267. The van der Waals surface area contributed by atoms with Crippen LogP contribution in [0.3, 0.4) is 0 Å². The first-order chi connectivity index (χ1) is 6.67. The lowest BCUT2D eigenvalue weighted by Crippen LogP contribution is -2.09. The number of halogens is 1. The fourth-order valence-electron chi connectivity index (χ4n) is 1.13. The molecule has 0 heterocycles. The lowest BCUT2D eigenvalue weighted by molar-refractivity contribution is 0.414. The first-order valence-corrected chi connectivity index (χ1v) is 4.52. The van der Waals surface area contributed by atoms with Gasteiger partial charge in [0.15, 0.2) is 0 Å². The first kappa shape index (κ1) is 10.8. The molecule has 0 bridgehead atoms. The maximum Gasteiger partial charge on any atom is 0.120 e. The molecule has 0 aliphatic rings. The van der Waals surface area contributed by atoms with Gasteiger partial charge in [-0.2, -0.15) is 5.26 Å². The molecule has 0 amide bonds. The molecule has 4 heteroatoms. The molecule has 0 aliphatic heterocycles. The zero-order valence-electron chi connectivity index (χ0n) is 7.83. The molecule has 0 aromatic heterocycles. The van der Waals surface area contributed by atoms with E-state index in [-0.39, 0.29) is 12.5 Å². The Morgan fingerprint density at radius 1 is 1.57 bits per heavy atom. The molecule has 0 saturated heterocycles. The van der Waals surface area contributed by atoms with Gasteiger partial charge in [0.2, 0.25) is 0 Å². The molecule has 0 radical (unpaired) electrons. The van der Waals surface area contributed by atoms with Crippen LogP contribution in [0, 0.1) is 11.3 Å². The van der Waals surface area contributed by atoms with E-state index >= 15 is 0 Å². The maximum atomic E-state index is 8.50. The van der Waals surface area contributed by atoms with E-state index in [1.165, 1.54) is 0 Å². The summed E-state index contributed by atoms with van der Waals surface area (Å²) < 4.78 is 5.04. The first-order valence-electron chi connectivity index (χ1n) is 4.14. The lowest BCUT2D eigenvalue weighted by atomic mass is 10.1. The van der Waals surface area contributed by atoms with E-state index in [1.54, 1.807) is 25.3 Å². The summed E-state index contributed by atoms with van der Waals surface area (Å²) in [4.78, 5) is 0. The van der Waals surface area contributed by atoms with Crippen molar-refractivity contribution in [3.63, 3.8) is 0 Å². The van der Waals surface area contributed by atoms with E-state index in [1.807, 2.05) is 6.07 Å². The number of hydrogen-bond donors (Lipinski definition) is 1. The van der Waals surface area contributed by atoms with Gasteiger partial charge in [-0.15, -0.1) is 0 Å². The van der Waals surface area contributed by atoms with Gasteiger partial charge < -0.3 is 10.5 Å². The van der Waals surface area contributed by atoms with Crippen LogP contribution in [0.25, 0.3) is 0 Å². The summed E-state index contributed by atoms with van der Waals surface area (Å²) in [5, 5.41) is 9.06. The summed E-state index contributed by atoms with van der Waals surface area (Å²) >= 11 is 5.85. The van der Waals surface area contributed by atoms with Crippen LogP contribution in [-0.4, -0.2) is 7.11 Å². The molecule has 0 aliphatic carbocycles. The number of benzene rings is 1. The van der Waals surface area contributed by atoms with Gasteiger partial charge in [0.1, 0.15) is 5.75 Å². The van der Waals surface area contributed by atoms with Crippen LogP contribution >= 0.6 is 11.6 Å². The minimum Gasteiger partial charge on any atom is -0.497 e. The van der Waals surface area contributed by atoms with Gasteiger partial charge in [-0.05, 0) is 23.8 Å². The second-order valence-corrected chi connectivity index (χ2v) is 3.33. The van der Waals surface area contributed by atoms with Crippen molar-refractivity contribution in [2.45, 2.75) is 12.5 Å². The van der Waals surface area contributed by atoms with Crippen molar-refractivity contribution in [3.05, 3.63) is 28.8 Å². The van der Waals surface area contributed by atoms with Crippen molar-refractivity contribution in [3.8, 4) is 11.8 Å². The molecule has 1 atom stereocenters. The van der Waals surface area contributed by atoms with Crippen LogP contribution < -0.4 is 10.5 Å². The SMILES string of the molecule is COc1cc(Cl)cc(C(N)CC#N)c1. The fraction of sp³-hybridized carbons (Fsp3) is 0.300. The molecular weight excluding hydrogens is 200 g/mol. The smallest absolute Gasteiger partial charge is 0.120 e. The van der Waals surface area contributed by atoms with Crippen molar-refractivity contribution in [2.75, 3.05) is 7.11 Å². The average molecular weight is 211 g/mol. The molecule has 0 fully saturated rings. The van der Waals surface area contributed by atoms with E-state index < -0.39 is 0 Å². The number of nitrogens with two attached hydrogens (primary N) is 1. The average Bonchev–Trinajstić information content (AvgIpc) is 2.17. The Labute approximate surface area is 88.0 Å². The van der Waals surface area contributed by atoms with Gasteiger partial charge in [0, 0.05) is 11.1 Å². The number of nitrogens with zero attached hydrogens (tertiary/aromatic N) is 1. The van der Waals surface area contributed by atoms with Gasteiger partial charge in [-0.25, -0.2) is 0 Å². The Kier molecular flexibility index (Phi) is 3.75. The lowest BCUT2D eigenvalue weighted by Gasteiger charge is -2.10. The van der Waals surface area contributed by atoms with Crippen LogP contribution in [0.2, 0.25) is 5.02 Å². The number of methoxy groups -OCH3 is 1. The van der Waals surface area contributed by atoms with Gasteiger partial charge in [-0.1, -0.05) is 11.6 Å². The highest BCUT2D eigenvalue weighted by Gasteiger charge is 2.07. The monoisotopic (exact) mass is 210 g/mol. The predicted octanol–water partition coefficient (Wildman–Crippen LogP) is 2.26. The number of ether oxygens (including phenoxy) is 1. The van der Waals surface area contributed by atoms with Crippen LogP contribution in [0.4, 0.5) is 0 Å². The predicted molar refractivity (Wildman–Crippen MR) is 55.2 cm³/mol.